The highest BCUT2D eigenvalue weighted by Gasteiger charge is 2.23. The molecule has 0 aliphatic carbocycles. The summed E-state index contributed by atoms with van der Waals surface area (Å²) in [6.45, 7) is 5.96. The van der Waals surface area contributed by atoms with Crippen molar-refractivity contribution in [1.82, 2.24) is 15.5 Å². The summed E-state index contributed by atoms with van der Waals surface area (Å²) in [4.78, 5) is 36.0. The van der Waals surface area contributed by atoms with Crippen LogP contribution in [0.3, 0.4) is 0 Å². The fourth-order valence-corrected chi connectivity index (χ4v) is 1.49. The summed E-state index contributed by atoms with van der Waals surface area (Å²) in [5, 5.41) is 4.71. The number of nitrogens with one attached hydrogen (secondary N) is 2. The van der Waals surface area contributed by atoms with E-state index in [4.69, 9.17) is 0 Å². The first-order valence-electron chi connectivity index (χ1n) is 6.20. The van der Waals surface area contributed by atoms with Crippen LogP contribution >= 0.6 is 0 Å². The lowest BCUT2D eigenvalue weighted by Crippen LogP contribution is -2.49. The maximum absolute atomic E-state index is 11.8. The van der Waals surface area contributed by atoms with E-state index in [0.717, 1.165) is 0 Å². The molecule has 0 bridgehead atoms. The number of rotatable bonds is 6. The van der Waals surface area contributed by atoms with E-state index in [-0.39, 0.29) is 11.9 Å². The number of carbonyl (C=O) groups excluding carboxylic acids is 3. The van der Waals surface area contributed by atoms with Crippen LogP contribution in [0.5, 0.6) is 0 Å². The van der Waals surface area contributed by atoms with E-state index in [1.807, 2.05) is 0 Å². The van der Waals surface area contributed by atoms with Gasteiger partial charge in [0.2, 0.25) is 5.91 Å². The van der Waals surface area contributed by atoms with Crippen LogP contribution in [-0.4, -0.2) is 56.1 Å². The molecule has 0 aromatic carbocycles. The maximum atomic E-state index is 11.8. The van der Waals surface area contributed by atoms with Gasteiger partial charge >= 0.3 is 12.0 Å². The van der Waals surface area contributed by atoms with Crippen LogP contribution in [0.25, 0.3) is 0 Å². The summed E-state index contributed by atoms with van der Waals surface area (Å²) in [6, 6.07) is -1.04. The number of likely N-dealkylation sites (N-methyl/N-ethyl adjacent to an activating group) is 1. The predicted octanol–water partition coefficient (Wildman–Crippen LogP) is -0.0385. The highest BCUT2D eigenvalue weighted by Crippen LogP contribution is 2.04. The molecule has 0 saturated heterocycles. The molecule has 0 aromatic heterocycles. The lowest BCUT2D eigenvalue weighted by atomic mass is 10.1. The van der Waals surface area contributed by atoms with Gasteiger partial charge in [-0.3, -0.25) is 19.8 Å². The Morgan fingerprint density at radius 1 is 1.26 bits per heavy atom. The lowest BCUT2D eigenvalue weighted by molar-refractivity contribution is -0.146. The first-order chi connectivity index (χ1) is 8.83. The van der Waals surface area contributed by atoms with Crippen LogP contribution in [0, 0.1) is 5.92 Å². The third-order valence-corrected chi connectivity index (χ3v) is 2.78. The first-order valence-corrected chi connectivity index (χ1v) is 6.20. The van der Waals surface area contributed by atoms with Crippen LogP contribution in [0.4, 0.5) is 4.79 Å². The fraction of sp³-hybridized carbons (Fsp3) is 0.750. The van der Waals surface area contributed by atoms with Crippen molar-refractivity contribution in [2.75, 3.05) is 27.2 Å². The smallest absolute Gasteiger partial charge is 0.321 e. The SMILES string of the molecule is CCNC(=O)NC(=O)C(C)N(C)CC(C)C(=O)OC. The van der Waals surface area contributed by atoms with Gasteiger partial charge in [0.25, 0.3) is 0 Å². The van der Waals surface area contributed by atoms with E-state index in [9.17, 15) is 14.4 Å². The van der Waals surface area contributed by atoms with Crippen LogP contribution in [0.2, 0.25) is 0 Å². The summed E-state index contributed by atoms with van der Waals surface area (Å²) < 4.78 is 4.62. The summed E-state index contributed by atoms with van der Waals surface area (Å²) in [7, 11) is 3.03. The van der Waals surface area contributed by atoms with Gasteiger partial charge in [0.05, 0.1) is 19.1 Å². The van der Waals surface area contributed by atoms with Gasteiger partial charge in [-0.1, -0.05) is 6.92 Å². The van der Waals surface area contributed by atoms with Gasteiger partial charge in [-0.2, -0.15) is 0 Å². The second kappa shape index (κ2) is 8.47. The molecule has 3 amide bonds. The number of hydrogen-bond acceptors (Lipinski definition) is 5. The van der Waals surface area contributed by atoms with Crippen molar-refractivity contribution < 1.29 is 19.1 Å². The van der Waals surface area contributed by atoms with Gasteiger partial charge in [-0.25, -0.2) is 4.79 Å². The van der Waals surface area contributed by atoms with Gasteiger partial charge in [-0.05, 0) is 20.9 Å². The topological polar surface area (TPSA) is 87.7 Å². The minimum Gasteiger partial charge on any atom is -0.469 e. The quantitative estimate of drug-likeness (QED) is 0.663. The van der Waals surface area contributed by atoms with Crippen molar-refractivity contribution in [3.8, 4) is 0 Å². The standard InChI is InChI=1S/C12H23N3O4/c1-6-13-12(18)14-10(16)9(3)15(4)7-8(2)11(17)19-5/h8-9H,6-7H2,1-5H3,(H2,13,14,16,18). The normalized spacial score (nSPS) is 13.6. The van der Waals surface area contributed by atoms with E-state index < -0.39 is 18.0 Å². The summed E-state index contributed by atoms with van der Waals surface area (Å²) in [5.41, 5.74) is 0. The van der Waals surface area contributed by atoms with Gasteiger partial charge in [-0.15, -0.1) is 0 Å². The second-order valence-electron chi connectivity index (χ2n) is 4.39. The maximum Gasteiger partial charge on any atom is 0.321 e. The molecule has 19 heavy (non-hydrogen) atoms. The highest BCUT2D eigenvalue weighted by molar-refractivity contribution is 5.96. The fourth-order valence-electron chi connectivity index (χ4n) is 1.49. The molecular weight excluding hydrogens is 250 g/mol. The van der Waals surface area contributed by atoms with Crippen molar-refractivity contribution in [3.05, 3.63) is 0 Å². The van der Waals surface area contributed by atoms with Gasteiger partial charge in [0.15, 0.2) is 0 Å². The Morgan fingerprint density at radius 2 is 1.84 bits per heavy atom. The minimum absolute atomic E-state index is 0.330. The molecule has 2 unspecified atom stereocenters. The van der Waals surface area contributed by atoms with Gasteiger partial charge in [0.1, 0.15) is 0 Å². The zero-order valence-electron chi connectivity index (χ0n) is 12.1. The highest BCUT2D eigenvalue weighted by atomic mass is 16.5. The molecule has 0 radical (unpaired) electrons. The average molecular weight is 273 g/mol. The Labute approximate surface area is 113 Å². The molecular formula is C12H23N3O4. The number of nitrogens with zero attached hydrogens (tertiary/aromatic N) is 1. The van der Waals surface area contributed by atoms with Crippen molar-refractivity contribution in [3.63, 3.8) is 0 Å². The van der Waals surface area contributed by atoms with Crippen molar-refractivity contribution >= 4 is 17.9 Å². The van der Waals surface area contributed by atoms with Crippen LogP contribution in [0.1, 0.15) is 20.8 Å². The average Bonchev–Trinajstić information content (AvgIpc) is 2.36. The molecule has 0 aliphatic rings. The van der Waals surface area contributed by atoms with E-state index >= 15 is 0 Å². The first kappa shape index (κ1) is 17.4. The minimum atomic E-state index is -0.520. The molecule has 0 heterocycles. The zero-order valence-corrected chi connectivity index (χ0v) is 12.1. The predicted molar refractivity (Wildman–Crippen MR) is 70.5 cm³/mol. The number of methoxy groups -OCH3 is 1. The summed E-state index contributed by atoms with van der Waals surface area (Å²) in [5.74, 6) is -1.08. The molecule has 0 saturated carbocycles. The van der Waals surface area contributed by atoms with Gasteiger partial charge in [0, 0.05) is 13.1 Å². The third-order valence-electron chi connectivity index (χ3n) is 2.78. The monoisotopic (exact) mass is 273 g/mol. The number of amides is 3. The van der Waals surface area contributed by atoms with Crippen LogP contribution in [-0.2, 0) is 14.3 Å². The number of esters is 1. The summed E-state index contributed by atoms with van der Waals surface area (Å²) >= 11 is 0. The third kappa shape index (κ3) is 6.19. The largest absolute Gasteiger partial charge is 0.469 e. The molecule has 0 rings (SSSR count). The number of ether oxygens (including phenoxy) is 1. The number of carbonyl (C=O) groups is 3. The van der Waals surface area contributed by atoms with Gasteiger partial charge < -0.3 is 10.1 Å². The molecule has 0 fully saturated rings. The van der Waals surface area contributed by atoms with Crippen molar-refractivity contribution in [2.45, 2.75) is 26.8 Å². The van der Waals surface area contributed by atoms with E-state index in [1.165, 1.54) is 7.11 Å². The zero-order chi connectivity index (χ0) is 15.0. The van der Waals surface area contributed by atoms with Crippen LogP contribution < -0.4 is 10.6 Å². The molecule has 0 spiro atoms. The number of hydrogen-bond donors (Lipinski definition) is 2. The second-order valence-corrected chi connectivity index (χ2v) is 4.39. The molecule has 2 N–H and O–H groups in total. The van der Waals surface area contributed by atoms with E-state index in [0.29, 0.717) is 13.1 Å². The molecule has 7 nitrogen and oxygen atoms in total. The Kier molecular flexibility index (Phi) is 7.74. The Hall–Kier alpha value is -1.63. The molecule has 110 valence electrons. The Balaban J connectivity index is 4.31. The molecule has 2 atom stereocenters. The number of urea groups is 1. The molecule has 7 heteroatoms. The number of imide groups is 1. The molecule has 0 aromatic rings. The lowest BCUT2D eigenvalue weighted by Gasteiger charge is -2.25. The van der Waals surface area contributed by atoms with Crippen LogP contribution in [0.15, 0.2) is 0 Å². The summed E-state index contributed by atoms with van der Waals surface area (Å²) in [6.07, 6.45) is 0. The molecule has 0 aliphatic heterocycles. The van der Waals surface area contributed by atoms with Crippen molar-refractivity contribution in [1.29, 1.82) is 0 Å². The Morgan fingerprint density at radius 3 is 2.32 bits per heavy atom. The van der Waals surface area contributed by atoms with E-state index in [2.05, 4.69) is 15.4 Å². The van der Waals surface area contributed by atoms with E-state index in [1.54, 1.807) is 32.7 Å². The Bertz CT molecular complexity index is 333. The van der Waals surface area contributed by atoms with Crippen molar-refractivity contribution in [2.24, 2.45) is 5.92 Å².